The minimum absolute atomic E-state index is 2.96. The number of alkyl halides is 54. The van der Waals surface area contributed by atoms with Gasteiger partial charge in [-0.1, -0.05) is 0 Å². The molecule has 0 aromatic rings. The Hall–Kier alpha value is -3.82. The summed E-state index contributed by atoms with van der Waals surface area (Å²) in [6, 6.07) is 0. The van der Waals surface area contributed by atoms with Gasteiger partial charge in [-0.05, 0) is 0 Å². The highest BCUT2D eigenvalue weighted by atomic mass is 19.5. The quantitative estimate of drug-likeness (QED) is 0.0560. The maximum Gasteiger partial charge on any atom is 0.460 e. The first-order chi connectivity index (χ1) is 35.7. The Morgan fingerprint density at radius 2 is 0.224 bits per heavy atom. The van der Waals surface area contributed by atoms with E-state index >= 15 is 0 Å². The average Bonchev–Trinajstić information content (AvgIpc) is 3.26. The number of halogens is 54. The molecule has 0 saturated heterocycles. The van der Waals surface area contributed by atoms with E-state index in [2.05, 4.69) is 4.74 Å². The first-order valence-corrected chi connectivity index (χ1v) is 18.5. The van der Waals surface area contributed by atoms with Crippen LogP contribution in [0.25, 0.3) is 0 Å². The molecule has 1 nitrogen and oxygen atoms in total. The van der Waals surface area contributed by atoms with Gasteiger partial charge < -0.3 is 4.74 Å². The molecular weight excluding hydrogens is 1400 g/mol. The van der Waals surface area contributed by atoms with Crippen molar-refractivity contribution in [2.45, 2.75) is 167 Å². The van der Waals surface area contributed by atoms with Gasteiger partial charge in [0.15, 0.2) is 0 Å². The minimum Gasteiger partial charge on any atom is -0.381 e. The zero-order valence-corrected chi connectivity index (χ0v) is 36.6. The second kappa shape index (κ2) is 20.3. The predicted octanol–water partition coefficient (Wildman–Crippen LogP) is 18.2. The molecule has 0 spiro atoms. The second-order valence-corrected chi connectivity index (χ2v) is 16.2. The molecule has 0 amide bonds. The Morgan fingerprint density at radius 1 is 0.129 bits per heavy atom. The third-order valence-corrected chi connectivity index (χ3v) is 10.6. The van der Waals surface area contributed by atoms with Gasteiger partial charge in [-0.2, -0.15) is 237 Å². The molecule has 0 atom stereocenters. The average molecular weight is 1410 g/mol. The molecule has 0 aliphatic carbocycles. The highest BCUT2D eigenvalue weighted by Crippen LogP contribution is 2.71. The molecule has 0 unspecified atom stereocenters. The Labute approximate surface area is 423 Å². The minimum atomic E-state index is -10.4. The molecule has 0 N–H and O–H groups in total. The maximum absolute atomic E-state index is 14.1. The van der Waals surface area contributed by atoms with Crippen molar-refractivity contribution < 1.29 is 242 Å². The van der Waals surface area contributed by atoms with E-state index in [0.29, 0.717) is 0 Å². The summed E-state index contributed by atoms with van der Waals surface area (Å²) < 4.78 is 739. The molecule has 55 heteroatoms. The molecule has 0 fully saturated rings. The molecule has 0 aliphatic heterocycles. The van der Waals surface area contributed by atoms with Gasteiger partial charge in [0.05, 0.1) is 13.2 Å². The second-order valence-electron chi connectivity index (χ2n) is 16.2. The van der Waals surface area contributed by atoms with Gasteiger partial charge in [0.25, 0.3) is 0 Å². The van der Waals surface area contributed by atoms with E-state index in [-0.39, 0.29) is 0 Å². The lowest BCUT2D eigenvalue weighted by Crippen LogP contribution is -2.79. The molecule has 0 bridgehead atoms. The molecular formula is C30H8F54O. The molecule has 512 valence electrons. The van der Waals surface area contributed by atoms with Crippen molar-refractivity contribution in [3.63, 3.8) is 0 Å². The standard InChI is InChI=1S/C30H8F54O/c31-5(32,7(35,36)9(39,40)11(43,44)13(47,48)15(51,52)17(55,56)18(57,58)20(61,62)22(65,66)24(69,70)26(73,74)28(77,78)30(82,83)84)1-3-85-4-2-6(33,34)8(37,38)10(41,42)12(45,46)14(49,50)16(53,54)19(59,60)21(63,64)23(67,68)25(71,72)27(75,76)29(79,80)81/h1-4H2. The maximum atomic E-state index is 14.1. The van der Waals surface area contributed by atoms with Gasteiger partial charge in [-0.25, -0.2) is 0 Å². The summed E-state index contributed by atoms with van der Waals surface area (Å²) in [6.07, 6.45) is -25.4. The molecule has 0 saturated carbocycles. The molecule has 0 heterocycles. The van der Waals surface area contributed by atoms with Gasteiger partial charge in [-0.3, -0.25) is 0 Å². The van der Waals surface area contributed by atoms with E-state index in [0.717, 1.165) is 0 Å². The summed E-state index contributed by atoms with van der Waals surface area (Å²) in [5, 5.41) is 0. The summed E-state index contributed by atoms with van der Waals surface area (Å²) >= 11 is 0. The van der Waals surface area contributed by atoms with Crippen LogP contribution in [0.1, 0.15) is 12.8 Å². The van der Waals surface area contributed by atoms with E-state index in [1.807, 2.05) is 0 Å². The lowest BCUT2D eigenvalue weighted by atomic mass is 9.83. The van der Waals surface area contributed by atoms with Gasteiger partial charge >= 0.3 is 154 Å². The Morgan fingerprint density at radius 3 is 0.329 bits per heavy atom. The molecule has 85 heavy (non-hydrogen) atoms. The van der Waals surface area contributed by atoms with Crippen LogP contribution in [0.3, 0.4) is 0 Å². The summed E-state index contributed by atoms with van der Waals surface area (Å²) in [6.45, 7) is -6.95. The van der Waals surface area contributed by atoms with Crippen molar-refractivity contribution in [2.75, 3.05) is 13.2 Å². The van der Waals surface area contributed by atoms with Crippen LogP contribution in [-0.2, 0) is 4.74 Å². The summed E-state index contributed by atoms with van der Waals surface area (Å²) in [5.74, 6) is -232. The fraction of sp³-hybridized carbons (Fsp3) is 1.00. The van der Waals surface area contributed by atoms with Crippen LogP contribution < -0.4 is 0 Å². The third-order valence-electron chi connectivity index (χ3n) is 10.6. The van der Waals surface area contributed by atoms with Crippen molar-refractivity contribution in [1.29, 1.82) is 0 Å². The first kappa shape index (κ1) is 81.2. The monoisotopic (exact) mass is 1410 g/mol. The van der Waals surface area contributed by atoms with Crippen molar-refractivity contribution >= 4 is 0 Å². The van der Waals surface area contributed by atoms with E-state index in [1.54, 1.807) is 0 Å². The summed E-state index contributed by atoms with van der Waals surface area (Å²) in [5.41, 5.74) is 0. The highest BCUT2D eigenvalue weighted by molar-refractivity contribution is 5.23. The lowest BCUT2D eigenvalue weighted by molar-refractivity contribution is -0.487. The van der Waals surface area contributed by atoms with Crippen LogP contribution in [0.2, 0.25) is 0 Å². The largest absolute Gasteiger partial charge is 0.460 e. The lowest BCUT2D eigenvalue weighted by Gasteiger charge is -2.46. The van der Waals surface area contributed by atoms with Crippen LogP contribution in [0.5, 0.6) is 0 Å². The van der Waals surface area contributed by atoms with Crippen LogP contribution in [0.15, 0.2) is 0 Å². The van der Waals surface area contributed by atoms with Gasteiger partial charge in [0.2, 0.25) is 0 Å². The van der Waals surface area contributed by atoms with E-state index in [4.69, 9.17) is 0 Å². The summed E-state index contributed by atoms with van der Waals surface area (Å²) in [7, 11) is 0. The topological polar surface area (TPSA) is 9.23 Å². The fourth-order valence-corrected chi connectivity index (χ4v) is 5.18. The van der Waals surface area contributed by atoms with Crippen LogP contribution in [-0.4, -0.2) is 168 Å². The van der Waals surface area contributed by atoms with Crippen LogP contribution in [0.4, 0.5) is 237 Å². The van der Waals surface area contributed by atoms with Crippen molar-refractivity contribution in [1.82, 2.24) is 0 Å². The normalized spacial score (nSPS) is 17.3. The molecule has 0 aliphatic rings. The predicted molar refractivity (Wildman–Crippen MR) is 151 cm³/mol. The Bertz CT molecular complexity index is 2330. The number of hydrogen-bond acceptors (Lipinski definition) is 1. The first-order valence-electron chi connectivity index (χ1n) is 18.5. The van der Waals surface area contributed by atoms with Crippen molar-refractivity contribution in [3.8, 4) is 0 Å². The smallest absolute Gasteiger partial charge is 0.381 e. The van der Waals surface area contributed by atoms with E-state index in [9.17, 15) is 237 Å². The molecule has 0 aromatic heterocycles. The van der Waals surface area contributed by atoms with E-state index < -0.39 is 181 Å². The Kier molecular flexibility index (Phi) is 19.4. The number of rotatable bonds is 28. The Balaban J connectivity index is 7.15. The van der Waals surface area contributed by atoms with Gasteiger partial charge in [-0.15, -0.1) is 0 Å². The SMILES string of the molecule is FC(F)(F)C(F)(F)C(F)(F)C(F)(F)C(F)(F)C(F)(F)C(F)(F)C(F)(F)C(F)(F)C(F)(F)C(F)(F)C(F)(F)CCOCCC(F)(F)C(F)(F)C(F)(F)C(F)(F)C(F)(F)C(F)(F)C(F)(F)C(F)(F)C(F)(F)C(F)(F)C(F)(F)C(F)(F)C(F)(F)C(F)(F)F. The molecule has 0 aromatic carbocycles. The zero-order valence-electron chi connectivity index (χ0n) is 36.6. The molecule has 0 radical (unpaired) electrons. The molecule has 0 rings (SSSR count). The third kappa shape index (κ3) is 9.93. The zero-order chi connectivity index (χ0) is 70.5. The van der Waals surface area contributed by atoms with Crippen molar-refractivity contribution in [3.05, 3.63) is 0 Å². The summed E-state index contributed by atoms with van der Waals surface area (Å²) in [4.78, 5) is 0. The number of ether oxygens (including phenoxy) is 1. The number of hydrogen-bond donors (Lipinski definition) is 0. The fourth-order valence-electron chi connectivity index (χ4n) is 5.18. The van der Waals surface area contributed by atoms with E-state index in [1.165, 1.54) is 0 Å². The van der Waals surface area contributed by atoms with Crippen molar-refractivity contribution in [2.24, 2.45) is 0 Å². The highest BCUT2D eigenvalue weighted by Gasteiger charge is 3.03. The van der Waals surface area contributed by atoms with Gasteiger partial charge in [0.1, 0.15) is 0 Å². The van der Waals surface area contributed by atoms with Crippen LogP contribution in [0, 0.1) is 0 Å². The van der Waals surface area contributed by atoms with Crippen LogP contribution >= 0.6 is 0 Å². The van der Waals surface area contributed by atoms with Gasteiger partial charge in [0, 0.05) is 12.8 Å².